The molecular weight excluding hydrogens is 446 g/mol. The molecule has 0 unspecified atom stereocenters. The molecule has 1 aromatic carbocycles. The molecule has 1 heterocycles. The molecule has 1 atom stereocenters. The van der Waals surface area contributed by atoms with E-state index in [4.69, 9.17) is 15.2 Å². The van der Waals surface area contributed by atoms with Crippen LogP contribution in [0, 0.1) is 11.3 Å². The number of ether oxygens (including phenoxy) is 2. The van der Waals surface area contributed by atoms with Crippen molar-refractivity contribution >= 4 is 23.2 Å². The first-order valence-corrected chi connectivity index (χ1v) is 11.8. The van der Waals surface area contributed by atoms with Gasteiger partial charge in [-0.3, -0.25) is 14.5 Å². The molecule has 0 bridgehead atoms. The summed E-state index contributed by atoms with van der Waals surface area (Å²) in [6, 6.07) is 3.79. The smallest absolute Gasteiger partial charge is 0.387 e. The van der Waals surface area contributed by atoms with Crippen LogP contribution < -0.4 is 20.7 Å². The largest absolute Gasteiger partial charge is 0.433 e. The van der Waals surface area contributed by atoms with E-state index in [0.29, 0.717) is 31.3 Å². The van der Waals surface area contributed by atoms with Crippen molar-refractivity contribution in [1.82, 2.24) is 4.90 Å². The van der Waals surface area contributed by atoms with E-state index in [2.05, 4.69) is 31.0 Å². The molecule has 1 saturated carbocycles. The van der Waals surface area contributed by atoms with Gasteiger partial charge in [-0.05, 0) is 36.3 Å². The Balaban J connectivity index is 1.81. The second-order valence-electron chi connectivity index (χ2n) is 10.2. The fourth-order valence-electron chi connectivity index (χ4n) is 4.32. The number of nitrogens with one attached hydrogen (secondary N) is 1. The number of halogens is 2. The van der Waals surface area contributed by atoms with Gasteiger partial charge in [0.1, 0.15) is 12.6 Å². The molecule has 2 fully saturated rings. The average molecular weight is 483 g/mol. The van der Waals surface area contributed by atoms with Gasteiger partial charge in [-0.15, -0.1) is 0 Å². The lowest BCUT2D eigenvalue weighted by molar-refractivity contribution is -0.125. The number of amides is 2. The van der Waals surface area contributed by atoms with Crippen molar-refractivity contribution in [2.75, 3.05) is 49.6 Å². The maximum Gasteiger partial charge on any atom is 0.387 e. The Morgan fingerprint density at radius 3 is 2.65 bits per heavy atom. The van der Waals surface area contributed by atoms with Crippen molar-refractivity contribution in [1.29, 1.82) is 0 Å². The third kappa shape index (κ3) is 7.10. The Morgan fingerprint density at radius 2 is 2.09 bits per heavy atom. The Labute approximate surface area is 199 Å². The van der Waals surface area contributed by atoms with E-state index >= 15 is 0 Å². The summed E-state index contributed by atoms with van der Waals surface area (Å²) in [6.45, 7) is 5.34. The molecule has 34 heavy (non-hydrogen) atoms. The molecule has 2 aliphatic rings. The lowest BCUT2D eigenvalue weighted by Gasteiger charge is -2.39. The van der Waals surface area contributed by atoms with Crippen LogP contribution in [-0.2, 0) is 14.3 Å². The summed E-state index contributed by atoms with van der Waals surface area (Å²) in [4.78, 5) is 29.0. The first-order chi connectivity index (χ1) is 16.1. The maximum absolute atomic E-state index is 13.3. The molecule has 1 aromatic rings. The van der Waals surface area contributed by atoms with Gasteiger partial charge >= 0.3 is 6.61 Å². The molecule has 8 nitrogen and oxygen atoms in total. The number of benzene rings is 1. The van der Waals surface area contributed by atoms with Gasteiger partial charge in [0.15, 0.2) is 5.75 Å². The fraction of sp³-hybridized carbons (Fsp3) is 0.667. The van der Waals surface area contributed by atoms with Crippen LogP contribution in [0.5, 0.6) is 5.75 Å². The Morgan fingerprint density at radius 1 is 1.35 bits per heavy atom. The minimum absolute atomic E-state index is 0.0479. The van der Waals surface area contributed by atoms with E-state index < -0.39 is 12.7 Å². The average Bonchev–Trinajstić information content (AvgIpc) is 2.71. The zero-order valence-electron chi connectivity index (χ0n) is 20.2. The SMILES string of the molecule is CC(C)(C)CN(CC1CCC1)[C@H](CN)C(=O)Nc1ccc(N2CCOCC2=O)cc1OC(F)F. The minimum Gasteiger partial charge on any atom is -0.433 e. The highest BCUT2D eigenvalue weighted by atomic mass is 19.3. The third-order valence-corrected chi connectivity index (χ3v) is 6.10. The molecular formula is C24H36F2N4O4. The van der Waals surface area contributed by atoms with Crippen LogP contribution >= 0.6 is 0 Å². The number of rotatable bonds is 10. The summed E-state index contributed by atoms with van der Waals surface area (Å²) >= 11 is 0. The molecule has 0 aromatic heterocycles. The lowest BCUT2D eigenvalue weighted by atomic mass is 9.84. The molecule has 3 rings (SSSR count). The number of hydrogen-bond donors (Lipinski definition) is 2. The fourth-order valence-corrected chi connectivity index (χ4v) is 4.32. The number of carbonyl (C=O) groups is 2. The number of hydrogen-bond acceptors (Lipinski definition) is 6. The number of anilines is 2. The second-order valence-corrected chi connectivity index (χ2v) is 10.2. The Kier molecular flexibility index (Phi) is 8.83. The van der Waals surface area contributed by atoms with Crippen LogP contribution in [0.2, 0.25) is 0 Å². The van der Waals surface area contributed by atoms with Crippen LogP contribution in [0.25, 0.3) is 0 Å². The molecule has 1 aliphatic carbocycles. The van der Waals surface area contributed by atoms with E-state index in [1.54, 1.807) is 6.07 Å². The normalized spacial score (nSPS) is 18.2. The molecule has 1 saturated heterocycles. The highest BCUT2D eigenvalue weighted by Gasteiger charge is 2.32. The minimum atomic E-state index is -3.09. The van der Waals surface area contributed by atoms with Gasteiger partial charge in [0.25, 0.3) is 5.91 Å². The zero-order chi connectivity index (χ0) is 24.9. The third-order valence-electron chi connectivity index (χ3n) is 6.10. The van der Waals surface area contributed by atoms with E-state index in [0.717, 1.165) is 19.4 Å². The number of nitrogens with zero attached hydrogens (tertiary/aromatic N) is 2. The van der Waals surface area contributed by atoms with Crippen LogP contribution in [0.3, 0.4) is 0 Å². The van der Waals surface area contributed by atoms with E-state index in [1.165, 1.54) is 23.5 Å². The van der Waals surface area contributed by atoms with Crippen LogP contribution in [0.1, 0.15) is 40.0 Å². The van der Waals surface area contributed by atoms with E-state index in [-0.39, 0.29) is 41.8 Å². The lowest BCUT2D eigenvalue weighted by Crippen LogP contribution is -2.53. The molecule has 3 N–H and O–H groups in total. The van der Waals surface area contributed by atoms with Gasteiger partial charge in [0.2, 0.25) is 5.91 Å². The number of alkyl halides is 2. The second kappa shape index (κ2) is 11.4. The highest BCUT2D eigenvalue weighted by Crippen LogP contribution is 2.33. The summed E-state index contributed by atoms with van der Waals surface area (Å²) in [5.41, 5.74) is 6.48. The Bertz CT molecular complexity index is 858. The van der Waals surface area contributed by atoms with Crippen molar-refractivity contribution in [2.45, 2.75) is 52.7 Å². The number of nitrogens with two attached hydrogens (primary N) is 1. The van der Waals surface area contributed by atoms with Crippen LogP contribution in [0.4, 0.5) is 20.2 Å². The molecule has 0 spiro atoms. The van der Waals surface area contributed by atoms with Gasteiger partial charge in [0.05, 0.1) is 12.3 Å². The molecule has 190 valence electrons. The number of carbonyl (C=O) groups excluding carboxylic acids is 2. The first-order valence-electron chi connectivity index (χ1n) is 11.8. The van der Waals surface area contributed by atoms with Crippen molar-refractivity contribution in [3.63, 3.8) is 0 Å². The molecule has 1 aliphatic heterocycles. The molecule has 10 heteroatoms. The summed E-state index contributed by atoms with van der Waals surface area (Å²) in [7, 11) is 0. The topological polar surface area (TPSA) is 97.1 Å². The first kappa shape index (κ1) is 26.3. The summed E-state index contributed by atoms with van der Waals surface area (Å²) in [6.07, 6.45) is 3.46. The van der Waals surface area contributed by atoms with Crippen molar-refractivity contribution in [3.8, 4) is 5.75 Å². The number of morpholine rings is 1. The van der Waals surface area contributed by atoms with Gasteiger partial charge in [-0.1, -0.05) is 27.2 Å². The van der Waals surface area contributed by atoms with Gasteiger partial charge in [-0.2, -0.15) is 8.78 Å². The summed E-state index contributed by atoms with van der Waals surface area (Å²) in [5.74, 6) is -0.326. The standard InChI is InChI=1S/C24H36F2N4O4/c1-24(2,3)15-29(13-16-5-4-6-16)19(12-27)22(32)28-18-8-7-17(11-20(18)34-23(25)26)30-9-10-33-14-21(30)31/h7-8,11,16,19,23H,4-6,9-10,12-15,27H2,1-3H3,(H,28,32)/t19-/m1/s1. The van der Waals surface area contributed by atoms with Gasteiger partial charge < -0.3 is 25.4 Å². The van der Waals surface area contributed by atoms with Crippen molar-refractivity contribution in [3.05, 3.63) is 18.2 Å². The maximum atomic E-state index is 13.3. The van der Waals surface area contributed by atoms with E-state index in [9.17, 15) is 18.4 Å². The Hall–Kier alpha value is -2.30. The predicted molar refractivity (Wildman–Crippen MR) is 126 cm³/mol. The van der Waals surface area contributed by atoms with E-state index in [1.807, 2.05) is 0 Å². The summed E-state index contributed by atoms with van der Waals surface area (Å²) < 4.78 is 36.1. The highest BCUT2D eigenvalue weighted by molar-refractivity contribution is 5.98. The monoisotopic (exact) mass is 482 g/mol. The quantitative estimate of drug-likeness (QED) is 0.532. The van der Waals surface area contributed by atoms with Crippen molar-refractivity contribution in [2.24, 2.45) is 17.1 Å². The summed E-state index contributed by atoms with van der Waals surface area (Å²) in [5, 5.41) is 2.74. The predicted octanol–water partition coefficient (Wildman–Crippen LogP) is 3.07. The van der Waals surface area contributed by atoms with Gasteiger partial charge in [-0.25, -0.2) is 0 Å². The zero-order valence-corrected chi connectivity index (χ0v) is 20.2. The molecule has 2 amide bonds. The van der Waals surface area contributed by atoms with Gasteiger partial charge in [0, 0.05) is 37.9 Å². The van der Waals surface area contributed by atoms with Crippen molar-refractivity contribution < 1.29 is 27.8 Å². The van der Waals surface area contributed by atoms with Crippen LogP contribution in [0.15, 0.2) is 18.2 Å². The molecule has 0 radical (unpaired) electrons. The van der Waals surface area contributed by atoms with Crippen LogP contribution in [-0.4, -0.2) is 68.8 Å².